The predicted molar refractivity (Wildman–Crippen MR) is 118 cm³/mol. The molecule has 1 saturated carbocycles. The number of anilines is 2. The third-order valence-corrected chi connectivity index (χ3v) is 6.47. The lowest BCUT2D eigenvalue weighted by Gasteiger charge is -2.19. The van der Waals surface area contributed by atoms with Crippen LogP contribution in [0.1, 0.15) is 61.0 Å². The van der Waals surface area contributed by atoms with Crippen molar-refractivity contribution >= 4 is 29.1 Å². The average Bonchev–Trinajstić information content (AvgIpc) is 3.04. The first-order valence-electron chi connectivity index (χ1n) is 10.9. The largest absolute Gasteiger partial charge is 0.321 e. The Morgan fingerprint density at radius 3 is 1.93 bits per heavy atom. The Morgan fingerprint density at radius 1 is 0.900 bits per heavy atom. The van der Waals surface area contributed by atoms with E-state index >= 15 is 0 Å². The second-order valence-electron chi connectivity index (χ2n) is 8.17. The quantitative estimate of drug-likeness (QED) is 0.732. The third-order valence-electron chi connectivity index (χ3n) is 6.47. The summed E-state index contributed by atoms with van der Waals surface area (Å²) in [5.41, 5.74) is 4.15. The van der Waals surface area contributed by atoms with Gasteiger partial charge < -0.3 is 5.32 Å². The van der Waals surface area contributed by atoms with Crippen LogP contribution < -0.4 is 10.2 Å². The molecule has 4 rings (SSSR count). The van der Waals surface area contributed by atoms with Gasteiger partial charge in [-0.1, -0.05) is 44.9 Å². The standard InChI is InChI=1S/C25H28N2O3/c1-3-16-8-7-9-17(4-2)22(16)26-23(28)18-12-14-19(15-13-18)27-24(29)20-10-5-6-11-21(20)25(27)30/h7-9,12-15,20-21H,3-6,10-11H2,1-2H3,(H,26,28)/t20-,21-/m0/s1. The predicted octanol–water partition coefficient (Wildman–Crippen LogP) is 4.74. The van der Waals surface area contributed by atoms with Crippen LogP contribution in [-0.4, -0.2) is 17.7 Å². The van der Waals surface area contributed by atoms with E-state index in [9.17, 15) is 14.4 Å². The molecule has 30 heavy (non-hydrogen) atoms. The fourth-order valence-electron chi connectivity index (χ4n) is 4.77. The molecule has 1 aliphatic carbocycles. The van der Waals surface area contributed by atoms with Crippen LogP contribution in [0.2, 0.25) is 0 Å². The van der Waals surface area contributed by atoms with Crippen molar-refractivity contribution in [3.8, 4) is 0 Å². The van der Waals surface area contributed by atoms with Gasteiger partial charge >= 0.3 is 0 Å². The van der Waals surface area contributed by atoms with E-state index in [1.807, 2.05) is 18.2 Å². The minimum absolute atomic E-state index is 0.0913. The van der Waals surface area contributed by atoms with Gasteiger partial charge in [-0.3, -0.25) is 19.3 Å². The van der Waals surface area contributed by atoms with Crippen LogP contribution >= 0.6 is 0 Å². The van der Waals surface area contributed by atoms with E-state index in [1.165, 1.54) is 4.90 Å². The molecule has 1 N–H and O–H groups in total. The minimum Gasteiger partial charge on any atom is -0.321 e. The van der Waals surface area contributed by atoms with Crippen LogP contribution in [0.5, 0.6) is 0 Å². The van der Waals surface area contributed by atoms with Crippen molar-refractivity contribution in [3.05, 3.63) is 59.2 Å². The molecule has 0 unspecified atom stereocenters. The molecule has 0 spiro atoms. The van der Waals surface area contributed by atoms with Crippen LogP contribution in [0.25, 0.3) is 0 Å². The summed E-state index contributed by atoms with van der Waals surface area (Å²) < 4.78 is 0. The highest BCUT2D eigenvalue weighted by molar-refractivity contribution is 6.22. The van der Waals surface area contributed by atoms with Gasteiger partial charge in [0, 0.05) is 11.3 Å². The van der Waals surface area contributed by atoms with Gasteiger partial charge in [0.25, 0.3) is 5.91 Å². The maximum absolute atomic E-state index is 12.9. The van der Waals surface area contributed by atoms with E-state index in [0.717, 1.165) is 55.3 Å². The molecule has 2 atom stereocenters. The second-order valence-corrected chi connectivity index (χ2v) is 8.17. The van der Waals surface area contributed by atoms with Crippen LogP contribution in [0.4, 0.5) is 11.4 Å². The monoisotopic (exact) mass is 404 g/mol. The molecular weight excluding hydrogens is 376 g/mol. The van der Waals surface area contributed by atoms with Crippen molar-refractivity contribution in [2.75, 3.05) is 10.2 Å². The van der Waals surface area contributed by atoms with E-state index in [4.69, 9.17) is 0 Å². The molecule has 1 heterocycles. The summed E-state index contributed by atoms with van der Waals surface area (Å²) in [7, 11) is 0. The van der Waals surface area contributed by atoms with Gasteiger partial charge in [-0.25, -0.2) is 0 Å². The SMILES string of the molecule is CCc1cccc(CC)c1NC(=O)c1ccc(N2C(=O)[C@H]3CCCC[C@@H]3C2=O)cc1. The molecule has 2 fully saturated rings. The maximum atomic E-state index is 12.9. The zero-order chi connectivity index (χ0) is 21.3. The van der Waals surface area contributed by atoms with Crippen LogP contribution in [0.3, 0.4) is 0 Å². The summed E-state index contributed by atoms with van der Waals surface area (Å²) in [6.45, 7) is 4.14. The summed E-state index contributed by atoms with van der Waals surface area (Å²) in [5, 5.41) is 3.06. The van der Waals surface area contributed by atoms with E-state index in [1.54, 1.807) is 24.3 Å². The van der Waals surface area contributed by atoms with Crippen molar-refractivity contribution in [2.45, 2.75) is 52.4 Å². The number of aryl methyl sites for hydroxylation is 2. The zero-order valence-electron chi connectivity index (χ0n) is 17.6. The number of nitrogens with one attached hydrogen (secondary N) is 1. The minimum atomic E-state index is -0.190. The molecule has 2 aromatic rings. The number of rotatable bonds is 5. The number of benzene rings is 2. The van der Waals surface area contributed by atoms with Gasteiger partial charge in [0.05, 0.1) is 17.5 Å². The number of fused-ring (bicyclic) bond motifs is 1. The lowest BCUT2D eigenvalue weighted by atomic mass is 9.81. The number of hydrogen-bond acceptors (Lipinski definition) is 3. The number of hydrogen-bond donors (Lipinski definition) is 1. The van der Waals surface area contributed by atoms with Crippen molar-refractivity contribution in [2.24, 2.45) is 11.8 Å². The maximum Gasteiger partial charge on any atom is 0.255 e. The summed E-state index contributed by atoms with van der Waals surface area (Å²) in [5.74, 6) is -0.720. The molecular formula is C25H28N2O3. The van der Waals surface area contributed by atoms with E-state index < -0.39 is 0 Å². The van der Waals surface area contributed by atoms with Gasteiger partial charge in [-0.15, -0.1) is 0 Å². The number of para-hydroxylation sites is 1. The van der Waals surface area contributed by atoms with E-state index in [0.29, 0.717) is 11.3 Å². The molecule has 3 amide bonds. The number of carbonyl (C=O) groups is 3. The highest BCUT2D eigenvalue weighted by atomic mass is 16.2. The second kappa shape index (κ2) is 8.42. The molecule has 0 radical (unpaired) electrons. The van der Waals surface area contributed by atoms with Gasteiger partial charge in [0.15, 0.2) is 0 Å². The van der Waals surface area contributed by atoms with Gasteiger partial charge in [-0.05, 0) is 61.1 Å². The molecule has 5 nitrogen and oxygen atoms in total. The topological polar surface area (TPSA) is 66.5 Å². The molecule has 156 valence electrons. The first-order valence-corrected chi connectivity index (χ1v) is 10.9. The molecule has 2 aliphatic rings. The zero-order valence-corrected chi connectivity index (χ0v) is 17.6. The third kappa shape index (κ3) is 3.53. The number of amides is 3. The Labute approximate surface area is 177 Å². The van der Waals surface area contributed by atoms with Gasteiger partial charge in [-0.2, -0.15) is 0 Å². The van der Waals surface area contributed by atoms with Crippen molar-refractivity contribution in [1.29, 1.82) is 0 Å². The Morgan fingerprint density at radius 2 is 1.43 bits per heavy atom. The molecule has 2 aromatic carbocycles. The molecule has 5 heteroatoms. The smallest absolute Gasteiger partial charge is 0.255 e. The summed E-state index contributed by atoms with van der Waals surface area (Å²) in [6, 6.07) is 12.9. The summed E-state index contributed by atoms with van der Waals surface area (Å²) in [6.07, 6.45) is 5.28. The van der Waals surface area contributed by atoms with Gasteiger partial charge in [0.2, 0.25) is 11.8 Å². The number of nitrogens with zero attached hydrogens (tertiary/aromatic N) is 1. The number of carbonyl (C=O) groups excluding carboxylic acids is 3. The first-order chi connectivity index (χ1) is 14.5. The fourth-order valence-corrected chi connectivity index (χ4v) is 4.77. The Kier molecular flexibility index (Phi) is 5.71. The summed E-state index contributed by atoms with van der Waals surface area (Å²) in [4.78, 5) is 39.7. The highest BCUT2D eigenvalue weighted by Crippen LogP contribution is 2.40. The van der Waals surface area contributed by atoms with Gasteiger partial charge in [0.1, 0.15) is 0 Å². The van der Waals surface area contributed by atoms with Crippen molar-refractivity contribution in [1.82, 2.24) is 0 Å². The Hall–Kier alpha value is -2.95. The molecule has 1 saturated heterocycles. The van der Waals surface area contributed by atoms with Crippen LogP contribution in [-0.2, 0) is 22.4 Å². The van der Waals surface area contributed by atoms with Crippen LogP contribution in [0, 0.1) is 11.8 Å². The molecule has 0 bridgehead atoms. The first kappa shape index (κ1) is 20.3. The van der Waals surface area contributed by atoms with E-state index in [-0.39, 0.29) is 29.6 Å². The number of imide groups is 1. The van der Waals surface area contributed by atoms with Crippen molar-refractivity contribution < 1.29 is 14.4 Å². The average molecular weight is 405 g/mol. The van der Waals surface area contributed by atoms with E-state index in [2.05, 4.69) is 19.2 Å². The highest BCUT2D eigenvalue weighted by Gasteiger charge is 2.48. The lowest BCUT2D eigenvalue weighted by Crippen LogP contribution is -2.30. The summed E-state index contributed by atoms with van der Waals surface area (Å²) >= 11 is 0. The molecule has 0 aromatic heterocycles. The fraction of sp³-hybridized carbons (Fsp3) is 0.400. The Balaban J connectivity index is 1.54. The lowest BCUT2D eigenvalue weighted by molar-refractivity contribution is -0.122. The van der Waals surface area contributed by atoms with Crippen LogP contribution in [0.15, 0.2) is 42.5 Å². The molecule has 1 aliphatic heterocycles. The van der Waals surface area contributed by atoms with Crippen molar-refractivity contribution in [3.63, 3.8) is 0 Å². The normalized spacial score (nSPS) is 20.9. The Bertz CT molecular complexity index is 934.